The molecule has 0 spiro atoms. The van der Waals surface area contributed by atoms with Crippen LogP contribution in [0.25, 0.3) is 0 Å². The van der Waals surface area contributed by atoms with Crippen molar-refractivity contribution in [1.29, 1.82) is 0 Å². The van der Waals surface area contributed by atoms with Crippen LogP contribution in [-0.2, 0) is 6.42 Å². The number of aromatic nitrogens is 3. The second-order valence-electron chi connectivity index (χ2n) is 3.45. The first-order valence-electron chi connectivity index (χ1n) is 4.99. The summed E-state index contributed by atoms with van der Waals surface area (Å²) in [4.78, 5) is 12.8. The van der Waals surface area contributed by atoms with Crippen LogP contribution < -0.4 is 11.3 Å². The Labute approximate surface area is 93.7 Å². The molecule has 2 aromatic rings. The van der Waals surface area contributed by atoms with E-state index in [4.69, 9.17) is 5.84 Å². The number of nitrogen functional groups attached to an aromatic ring is 1. The Morgan fingerprint density at radius 2 is 2.19 bits per heavy atom. The molecule has 5 heteroatoms. The zero-order valence-corrected chi connectivity index (χ0v) is 9.01. The number of hydrogen-bond acceptors (Lipinski definition) is 5. The number of nitrogens with two attached hydrogens (primary N) is 1. The van der Waals surface area contributed by atoms with E-state index in [9.17, 15) is 0 Å². The van der Waals surface area contributed by atoms with E-state index in [1.54, 1.807) is 12.3 Å². The lowest BCUT2D eigenvalue weighted by molar-refractivity contribution is 0.915. The molecule has 0 aliphatic rings. The Morgan fingerprint density at radius 3 is 2.88 bits per heavy atom. The Kier molecular flexibility index (Phi) is 3.07. The Morgan fingerprint density at radius 1 is 1.31 bits per heavy atom. The number of anilines is 1. The highest BCUT2D eigenvalue weighted by molar-refractivity contribution is 5.34. The van der Waals surface area contributed by atoms with Crippen molar-refractivity contribution < 1.29 is 0 Å². The van der Waals surface area contributed by atoms with Gasteiger partial charge in [0.05, 0.1) is 6.42 Å². The van der Waals surface area contributed by atoms with E-state index in [0.717, 1.165) is 11.4 Å². The maximum absolute atomic E-state index is 5.33. The van der Waals surface area contributed by atoms with Crippen molar-refractivity contribution in [3.63, 3.8) is 0 Å². The molecule has 0 saturated heterocycles. The predicted molar refractivity (Wildman–Crippen MR) is 61.6 cm³/mol. The lowest BCUT2D eigenvalue weighted by Gasteiger charge is -2.04. The van der Waals surface area contributed by atoms with Crippen LogP contribution >= 0.6 is 0 Å². The number of rotatable bonds is 3. The minimum atomic E-state index is 0.608. The summed E-state index contributed by atoms with van der Waals surface area (Å²) in [5.74, 6) is 6.66. The summed E-state index contributed by atoms with van der Waals surface area (Å²) in [5.41, 5.74) is 4.35. The molecule has 5 nitrogen and oxygen atoms in total. The molecule has 0 aromatic carbocycles. The van der Waals surface area contributed by atoms with Gasteiger partial charge < -0.3 is 5.43 Å². The lowest BCUT2D eigenvalue weighted by atomic mass is 10.2. The van der Waals surface area contributed by atoms with Crippen molar-refractivity contribution in [2.75, 3.05) is 5.43 Å². The highest BCUT2D eigenvalue weighted by Gasteiger charge is 2.03. The van der Waals surface area contributed by atoms with E-state index in [2.05, 4.69) is 20.4 Å². The third-order valence-electron chi connectivity index (χ3n) is 2.11. The molecule has 2 aromatic heterocycles. The standard InChI is InChI=1S/C11H13N5/c1-8-6-11(16-12)15-10(14-8)7-9-4-2-3-5-13-9/h2-6H,7,12H2,1H3,(H,14,15,16). The molecule has 0 bridgehead atoms. The molecule has 82 valence electrons. The van der Waals surface area contributed by atoms with Gasteiger partial charge in [0.25, 0.3) is 0 Å². The van der Waals surface area contributed by atoms with Gasteiger partial charge in [-0.15, -0.1) is 0 Å². The Balaban J connectivity index is 2.24. The predicted octanol–water partition coefficient (Wildman–Crippen LogP) is 1.06. The average molecular weight is 215 g/mol. The van der Waals surface area contributed by atoms with Gasteiger partial charge in [0.1, 0.15) is 11.6 Å². The fourth-order valence-corrected chi connectivity index (χ4v) is 1.45. The van der Waals surface area contributed by atoms with Crippen LogP contribution in [0.15, 0.2) is 30.5 Å². The van der Waals surface area contributed by atoms with Gasteiger partial charge in [-0.3, -0.25) is 4.98 Å². The second-order valence-corrected chi connectivity index (χ2v) is 3.45. The van der Waals surface area contributed by atoms with E-state index in [1.807, 2.05) is 25.1 Å². The number of pyridine rings is 1. The van der Waals surface area contributed by atoms with Gasteiger partial charge in [0.15, 0.2) is 0 Å². The number of nitrogens with one attached hydrogen (secondary N) is 1. The molecular weight excluding hydrogens is 202 g/mol. The fourth-order valence-electron chi connectivity index (χ4n) is 1.45. The first-order chi connectivity index (χ1) is 7.78. The molecule has 0 fully saturated rings. The minimum Gasteiger partial charge on any atom is -0.308 e. The number of hydrogen-bond donors (Lipinski definition) is 2. The van der Waals surface area contributed by atoms with Crippen LogP contribution in [0.3, 0.4) is 0 Å². The molecule has 3 N–H and O–H groups in total. The largest absolute Gasteiger partial charge is 0.308 e. The van der Waals surface area contributed by atoms with E-state index in [0.29, 0.717) is 18.1 Å². The second kappa shape index (κ2) is 4.67. The zero-order chi connectivity index (χ0) is 11.4. The van der Waals surface area contributed by atoms with Gasteiger partial charge in [0, 0.05) is 23.7 Å². The Hall–Kier alpha value is -2.01. The molecule has 0 aliphatic heterocycles. The first kappa shape index (κ1) is 10.5. The van der Waals surface area contributed by atoms with E-state index in [-0.39, 0.29) is 0 Å². The summed E-state index contributed by atoms with van der Waals surface area (Å²) < 4.78 is 0. The topological polar surface area (TPSA) is 76.7 Å². The van der Waals surface area contributed by atoms with Crippen molar-refractivity contribution in [2.24, 2.45) is 5.84 Å². The molecular formula is C11H13N5. The quantitative estimate of drug-likeness (QED) is 0.591. The number of nitrogens with zero attached hydrogens (tertiary/aromatic N) is 3. The summed E-state index contributed by atoms with van der Waals surface area (Å²) in [6.45, 7) is 1.91. The number of aryl methyl sites for hydroxylation is 1. The third-order valence-corrected chi connectivity index (χ3v) is 2.11. The fraction of sp³-hybridized carbons (Fsp3) is 0.182. The van der Waals surface area contributed by atoms with Crippen LogP contribution in [0.1, 0.15) is 17.2 Å². The van der Waals surface area contributed by atoms with E-state index >= 15 is 0 Å². The SMILES string of the molecule is Cc1cc(NN)nc(Cc2ccccn2)n1. The summed E-state index contributed by atoms with van der Waals surface area (Å²) in [7, 11) is 0. The normalized spacial score (nSPS) is 10.1. The van der Waals surface area contributed by atoms with Crippen molar-refractivity contribution in [3.05, 3.63) is 47.7 Å². The van der Waals surface area contributed by atoms with Gasteiger partial charge >= 0.3 is 0 Å². The first-order valence-corrected chi connectivity index (χ1v) is 4.99. The summed E-state index contributed by atoms with van der Waals surface area (Å²) in [6, 6.07) is 7.57. The van der Waals surface area contributed by atoms with Gasteiger partial charge in [-0.05, 0) is 19.1 Å². The summed E-state index contributed by atoms with van der Waals surface area (Å²) in [5, 5.41) is 0. The molecule has 0 amide bonds. The molecule has 0 radical (unpaired) electrons. The van der Waals surface area contributed by atoms with Gasteiger partial charge in [0.2, 0.25) is 0 Å². The molecule has 0 atom stereocenters. The average Bonchev–Trinajstić information content (AvgIpc) is 2.29. The lowest BCUT2D eigenvalue weighted by Crippen LogP contribution is -2.11. The van der Waals surface area contributed by atoms with Crippen LogP contribution in [-0.4, -0.2) is 15.0 Å². The maximum atomic E-state index is 5.33. The van der Waals surface area contributed by atoms with Crippen molar-refractivity contribution in [3.8, 4) is 0 Å². The highest BCUT2D eigenvalue weighted by atomic mass is 15.3. The van der Waals surface area contributed by atoms with Crippen LogP contribution in [0.2, 0.25) is 0 Å². The van der Waals surface area contributed by atoms with Gasteiger partial charge in [-0.25, -0.2) is 15.8 Å². The Bertz CT molecular complexity index is 469. The maximum Gasteiger partial charge on any atom is 0.143 e. The highest BCUT2D eigenvalue weighted by Crippen LogP contribution is 2.07. The van der Waals surface area contributed by atoms with Gasteiger partial charge in [-0.2, -0.15) is 0 Å². The van der Waals surface area contributed by atoms with Crippen molar-refractivity contribution in [1.82, 2.24) is 15.0 Å². The molecule has 0 saturated carbocycles. The zero-order valence-electron chi connectivity index (χ0n) is 9.01. The van der Waals surface area contributed by atoms with Crippen LogP contribution in [0.5, 0.6) is 0 Å². The minimum absolute atomic E-state index is 0.608. The summed E-state index contributed by atoms with van der Waals surface area (Å²) in [6.07, 6.45) is 2.37. The third kappa shape index (κ3) is 2.52. The molecule has 2 rings (SSSR count). The molecule has 16 heavy (non-hydrogen) atoms. The molecule has 0 aliphatic carbocycles. The van der Waals surface area contributed by atoms with E-state index < -0.39 is 0 Å². The van der Waals surface area contributed by atoms with Crippen LogP contribution in [0, 0.1) is 6.92 Å². The number of hydrazine groups is 1. The smallest absolute Gasteiger partial charge is 0.143 e. The summed E-state index contributed by atoms with van der Waals surface area (Å²) >= 11 is 0. The van der Waals surface area contributed by atoms with Crippen molar-refractivity contribution >= 4 is 5.82 Å². The monoisotopic (exact) mass is 215 g/mol. The van der Waals surface area contributed by atoms with Crippen molar-refractivity contribution in [2.45, 2.75) is 13.3 Å². The molecule has 0 unspecified atom stereocenters. The van der Waals surface area contributed by atoms with Crippen LogP contribution in [0.4, 0.5) is 5.82 Å². The molecule has 2 heterocycles. The van der Waals surface area contributed by atoms with E-state index in [1.165, 1.54) is 0 Å². The van der Waals surface area contributed by atoms with Gasteiger partial charge in [-0.1, -0.05) is 6.07 Å².